The number of hydrogen-bond acceptors (Lipinski definition) is 3. The zero-order chi connectivity index (χ0) is 6.95. The zero-order valence-electron chi connectivity index (χ0n) is 5.89. The highest BCUT2D eigenvalue weighted by Crippen LogP contribution is 1.76. The molecule has 3 heteroatoms. The smallest absolute Gasteiger partial charge is 0.0474 e. The van der Waals surface area contributed by atoms with Crippen molar-refractivity contribution in [1.29, 1.82) is 0 Å². The molecule has 0 saturated heterocycles. The molecule has 0 rings (SSSR count). The first-order valence-corrected chi connectivity index (χ1v) is 3.85. The van der Waals surface area contributed by atoms with E-state index < -0.39 is 0 Å². The number of nitrogens with one attached hydrogen (secondary N) is 1. The summed E-state index contributed by atoms with van der Waals surface area (Å²) in [5.41, 5.74) is 0. The molecule has 0 spiro atoms. The van der Waals surface area contributed by atoms with Crippen LogP contribution in [-0.4, -0.2) is 32.6 Å². The molecule has 0 bridgehead atoms. The van der Waals surface area contributed by atoms with Gasteiger partial charge in [-0.2, -0.15) is 12.6 Å². The standard InChI is InChI=1S/C6H15NOS/c1-8-5-2-3-7-4-6-9/h7,9H,2-6H2,1H3. The van der Waals surface area contributed by atoms with Crippen LogP contribution in [0.3, 0.4) is 0 Å². The van der Waals surface area contributed by atoms with Crippen LogP contribution >= 0.6 is 12.6 Å². The topological polar surface area (TPSA) is 21.3 Å². The Morgan fingerprint density at radius 3 is 2.78 bits per heavy atom. The SMILES string of the molecule is COCCCNCCS. The molecular formula is C6H15NOS. The molecule has 0 atom stereocenters. The maximum Gasteiger partial charge on any atom is 0.0474 e. The molecule has 0 amide bonds. The number of methoxy groups -OCH3 is 1. The second-order valence-electron chi connectivity index (χ2n) is 1.82. The van der Waals surface area contributed by atoms with Gasteiger partial charge in [-0.15, -0.1) is 0 Å². The second kappa shape index (κ2) is 8.27. The molecule has 1 N–H and O–H groups in total. The van der Waals surface area contributed by atoms with Crippen LogP contribution in [0.15, 0.2) is 0 Å². The molecule has 0 saturated carbocycles. The van der Waals surface area contributed by atoms with Gasteiger partial charge >= 0.3 is 0 Å². The van der Waals surface area contributed by atoms with Gasteiger partial charge in [-0.3, -0.25) is 0 Å². The number of thiol groups is 1. The number of hydrogen-bond donors (Lipinski definition) is 2. The van der Waals surface area contributed by atoms with Crippen molar-refractivity contribution < 1.29 is 4.74 Å². The molecule has 0 heterocycles. The lowest BCUT2D eigenvalue weighted by molar-refractivity contribution is 0.194. The van der Waals surface area contributed by atoms with Crippen molar-refractivity contribution in [2.45, 2.75) is 6.42 Å². The first-order valence-electron chi connectivity index (χ1n) is 3.22. The third kappa shape index (κ3) is 8.27. The summed E-state index contributed by atoms with van der Waals surface area (Å²) >= 11 is 4.05. The highest BCUT2D eigenvalue weighted by molar-refractivity contribution is 7.80. The van der Waals surface area contributed by atoms with Crippen molar-refractivity contribution in [2.75, 3.05) is 32.6 Å². The third-order valence-electron chi connectivity index (χ3n) is 0.991. The maximum atomic E-state index is 4.86. The van der Waals surface area contributed by atoms with E-state index in [1.807, 2.05) is 0 Å². The van der Waals surface area contributed by atoms with Gasteiger partial charge in [-0.25, -0.2) is 0 Å². The van der Waals surface area contributed by atoms with Crippen LogP contribution in [-0.2, 0) is 4.74 Å². The van der Waals surface area contributed by atoms with Gasteiger partial charge in [-0.1, -0.05) is 0 Å². The van der Waals surface area contributed by atoms with Gasteiger partial charge in [-0.05, 0) is 13.0 Å². The Kier molecular flexibility index (Phi) is 8.52. The third-order valence-corrected chi connectivity index (χ3v) is 1.21. The van der Waals surface area contributed by atoms with Gasteiger partial charge in [0.2, 0.25) is 0 Å². The van der Waals surface area contributed by atoms with Gasteiger partial charge in [0.1, 0.15) is 0 Å². The largest absolute Gasteiger partial charge is 0.385 e. The van der Waals surface area contributed by atoms with E-state index in [2.05, 4.69) is 17.9 Å². The molecule has 56 valence electrons. The molecule has 0 aliphatic rings. The Labute approximate surface area is 62.4 Å². The fourth-order valence-electron chi connectivity index (χ4n) is 0.546. The molecule has 0 aliphatic heterocycles. The van der Waals surface area contributed by atoms with E-state index in [4.69, 9.17) is 4.74 Å². The van der Waals surface area contributed by atoms with Crippen LogP contribution < -0.4 is 5.32 Å². The van der Waals surface area contributed by atoms with Crippen LogP contribution in [0.2, 0.25) is 0 Å². The Morgan fingerprint density at radius 1 is 1.44 bits per heavy atom. The fourth-order valence-corrected chi connectivity index (χ4v) is 0.704. The molecule has 0 aromatic rings. The average molecular weight is 149 g/mol. The summed E-state index contributed by atoms with van der Waals surface area (Å²) in [6.07, 6.45) is 1.09. The maximum absolute atomic E-state index is 4.86. The van der Waals surface area contributed by atoms with E-state index in [0.29, 0.717) is 0 Å². The molecule has 0 aromatic carbocycles. The molecule has 2 nitrogen and oxygen atoms in total. The van der Waals surface area contributed by atoms with Gasteiger partial charge < -0.3 is 10.1 Å². The lowest BCUT2D eigenvalue weighted by Crippen LogP contribution is -2.18. The molecular weight excluding hydrogens is 134 g/mol. The van der Waals surface area contributed by atoms with Crippen molar-refractivity contribution in [3.05, 3.63) is 0 Å². The molecule has 0 fully saturated rings. The van der Waals surface area contributed by atoms with E-state index in [1.54, 1.807) is 7.11 Å². The van der Waals surface area contributed by atoms with Crippen molar-refractivity contribution in [2.24, 2.45) is 0 Å². The molecule has 0 radical (unpaired) electrons. The Balaban J connectivity index is 2.60. The van der Waals surface area contributed by atoms with Crippen LogP contribution in [0.5, 0.6) is 0 Å². The van der Waals surface area contributed by atoms with Crippen LogP contribution in [0, 0.1) is 0 Å². The van der Waals surface area contributed by atoms with E-state index in [0.717, 1.165) is 31.9 Å². The molecule has 9 heavy (non-hydrogen) atoms. The highest BCUT2D eigenvalue weighted by Gasteiger charge is 1.83. The summed E-state index contributed by atoms with van der Waals surface area (Å²) in [6, 6.07) is 0. The van der Waals surface area contributed by atoms with Gasteiger partial charge in [0.15, 0.2) is 0 Å². The fraction of sp³-hybridized carbons (Fsp3) is 1.00. The van der Waals surface area contributed by atoms with Crippen molar-refractivity contribution in [1.82, 2.24) is 5.32 Å². The summed E-state index contributed by atoms with van der Waals surface area (Å²) in [5.74, 6) is 0.910. The number of rotatable bonds is 6. The first kappa shape index (κ1) is 9.27. The summed E-state index contributed by atoms with van der Waals surface area (Å²) < 4.78 is 4.86. The lowest BCUT2D eigenvalue weighted by Gasteiger charge is -1.99. The van der Waals surface area contributed by atoms with Gasteiger partial charge in [0.25, 0.3) is 0 Å². The predicted molar refractivity (Wildman–Crippen MR) is 43.2 cm³/mol. The van der Waals surface area contributed by atoms with E-state index >= 15 is 0 Å². The van der Waals surface area contributed by atoms with Crippen LogP contribution in [0.4, 0.5) is 0 Å². The lowest BCUT2D eigenvalue weighted by atomic mass is 10.4. The van der Waals surface area contributed by atoms with Crippen molar-refractivity contribution >= 4 is 12.6 Å². The van der Waals surface area contributed by atoms with Crippen LogP contribution in [0.25, 0.3) is 0 Å². The van der Waals surface area contributed by atoms with E-state index in [-0.39, 0.29) is 0 Å². The zero-order valence-corrected chi connectivity index (χ0v) is 6.79. The first-order chi connectivity index (χ1) is 4.41. The molecule has 0 aromatic heterocycles. The van der Waals surface area contributed by atoms with Gasteiger partial charge in [0.05, 0.1) is 0 Å². The minimum Gasteiger partial charge on any atom is -0.385 e. The minimum atomic E-state index is 0.847. The summed E-state index contributed by atoms with van der Waals surface area (Å²) in [6.45, 7) is 2.88. The Morgan fingerprint density at radius 2 is 2.22 bits per heavy atom. The monoisotopic (exact) mass is 149 g/mol. The molecule has 0 aliphatic carbocycles. The normalized spacial score (nSPS) is 10.0. The number of ether oxygens (including phenoxy) is 1. The average Bonchev–Trinajstić information content (AvgIpc) is 1.89. The summed E-state index contributed by atoms with van der Waals surface area (Å²) in [5, 5.41) is 3.21. The Hall–Kier alpha value is 0.270. The Bertz CT molecular complexity index is 46.3. The second-order valence-corrected chi connectivity index (χ2v) is 2.27. The minimum absolute atomic E-state index is 0.847. The summed E-state index contributed by atoms with van der Waals surface area (Å²) in [4.78, 5) is 0. The van der Waals surface area contributed by atoms with E-state index in [9.17, 15) is 0 Å². The predicted octanol–water partition coefficient (Wildman–Crippen LogP) is 0.542. The van der Waals surface area contributed by atoms with Crippen molar-refractivity contribution in [3.8, 4) is 0 Å². The quantitative estimate of drug-likeness (QED) is 0.425. The van der Waals surface area contributed by atoms with Crippen molar-refractivity contribution in [3.63, 3.8) is 0 Å². The van der Waals surface area contributed by atoms with E-state index in [1.165, 1.54) is 0 Å². The highest BCUT2D eigenvalue weighted by atomic mass is 32.1. The van der Waals surface area contributed by atoms with Crippen LogP contribution in [0.1, 0.15) is 6.42 Å². The van der Waals surface area contributed by atoms with Gasteiger partial charge in [0, 0.05) is 26.0 Å². The molecule has 0 unspecified atom stereocenters. The summed E-state index contributed by atoms with van der Waals surface area (Å²) in [7, 11) is 1.72.